The monoisotopic (exact) mass is 375 g/mol. The van der Waals surface area contributed by atoms with Gasteiger partial charge in [0, 0.05) is 23.6 Å². The molecule has 0 unspecified atom stereocenters. The van der Waals surface area contributed by atoms with Gasteiger partial charge in [-0.25, -0.2) is 9.69 Å². The second kappa shape index (κ2) is 7.78. The molecule has 5 nitrogen and oxygen atoms in total. The molecule has 0 aliphatic carbocycles. The number of anilines is 2. The minimum atomic E-state index is -0.463. The average Bonchev–Trinajstić information content (AvgIpc) is 2.49. The van der Waals surface area contributed by atoms with Crippen molar-refractivity contribution in [3.05, 3.63) is 58.6 Å². The van der Waals surface area contributed by atoms with Crippen molar-refractivity contribution >= 4 is 39.2 Å². The number of nitrogens with two attached hydrogens (primary N) is 1. The second-order valence-corrected chi connectivity index (χ2v) is 5.88. The summed E-state index contributed by atoms with van der Waals surface area (Å²) < 4.78 is 0.994. The van der Waals surface area contributed by atoms with Crippen molar-refractivity contribution < 1.29 is 9.59 Å². The molecule has 0 spiro atoms. The maximum atomic E-state index is 12.3. The Morgan fingerprint density at radius 1 is 1.17 bits per heavy atom. The summed E-state index contributed by atoms with van der Waals surface area (Å²) >= 11 is 3.47. The van der Waals surface area contributed by atoms with E-state index < -0.39 is 6.03 Å². The molecule has 0 radical (unpaired) electrons. The molecule has 120 valence electrons. The molecule has 0 saturated carbocycles. The van der Waals surface area contributed by atoms with Crippen molar-refractivity contribution in [3.8, 4) is 0 Å². The van der Waals surface area contributed by atoms with Crippen LogP contribution in [0.5, 0.6) is 0 Å². The molecule has 2 rings (SSSR count). The molecule has 3 amide bonds. The fourth-order valence-corrected chi connectivity index (χ4v) is 2.67. The summed E-state index contributed by atoms with van der Waals surface area (Å²) in [7, 11) is 0. The Morgan fingerprint density at radius 2 is 1.91 bits per heavy atom. The predicted molar refractivity (Wildman–Crippen MR) is 95.3 cm³/mol. The highest BCUT2D eigenvalue weighted by Gasteiger charge is 2.19. The van der Waals surface area contributed by atoms with E-state index >= 15 is 0 Å². The Hall–Kier alpha value is -2.34. The lowest BCUT2D eigenvalue weighted by molar-refractivity contribution is -0.115. The van der Waals surface area contributed by atoms with Crippen LogP contribution >= 0.6 is 15.9 Å². The Bertz CT molecular complexity index is 718. The van der Waals surface area contributed by atoms with Gasteiger partial charge in [-0.2, -0.15) is 0 Å². The molecular formula is C17H18BrN3O2. The standard InChI is InChI=1S/C17H18BrN3O2/c1-12(22)21(15-7-4-6-14(19)11-15)17(23)20-10-9-13-5-2-3-8-16(13)18/h2-8,11H,9-10,19H2,1H3,(H,20,23). The van der Waals surface area contributed by atoms with Gasteiger partial charge in [-0.1, -0.05) is 40.2 Å². The summed E-state index contributed by atoms with van der Waals surface area (Å²) in [5, 5.41) is 2.76. The Labute approximate surface area is 143 Å². The van der Waals surface area contributed by atoms with Crippen LogP contribution in [0.25, 0.3) is 0 Å². The van der Waals surface area contributed by atoms with Crippen LogP contribution in [0.1, 0.15) is 12.5 Å². The van der Waals surface area contributed by atoms with E-state index in [-0.39, 0.29) is 5.91 Å². The zero-order valence-electron chi connectivity index (χ0n) is 12.8. The Morgan fingerprint density at radius 3 is 2.57 bits per heavy atom. The number of rotatable bonds is 4. The van der Waals surface area contributed by atoms with Crippen LogP contribution in [-0.2, 0) is 11.2 Å². The van der Waals surface area contributed by atoms with Crippen LogP contribution in [0, 0.1) is 0 Å². The first-order valence-corrected chi connectivity index (χ1v) is 7.96. The van der Waals surface area contributed by atoms with E-state index in [2.05, 4.69) is 21.2 Å². The van der Waals surface area contributed by atoms with Crippen molar-refractivity contribution in [2.75, 3.05) is 17.2 Å². The molecule has 0 bridgehead atoms. The molecule has 0 aliphatic heterocycles. The molecule has 0 saturated heterocycles. The number of hydrogen-bond donors (Lipinski definition) is 2. The van der Waals surface area contributed by atoms with E-state index in [1.165, 1.54) is 6.92 Å². The lowest BCUT2D eigenvalue weighted by atomic mass is 10.1. The molecular weight excluding hydrogens is 358 g/mol. The smallest absolute Gasteiger partial charge is 0.328 e. The maximum absolute atomic E-state index is 12.3. The van der Waals surface area contributed by atoms with Gasteiger partial charge in [0.05, 0.1) is 5.69 Å². The number of nitrogens with one attached hydrogen (secondary N) is 1. The normalized spacial score (nSPS) is 10.2. The molecule has 2 aromatic rings. The van der Waals surface area contributed by atoms with E-state index in [0.717, 1.165) is 14.9 Å². The van der Waals surface area contributed by atoms with Crippen molar-refractivity contribution in [1.29, 1.82) is 0 Å². The van der Waals surface area contributed by atoms with Crippen LogP contribution in [0.3, 0.4) is 0 Å². The van der Waals surface area contributed by atoms with Crippen molar-refractivity contribution in [1.82, 2.24) is 5.32 Å². The van der Waals surface area contributed by atoms with E-state index in [0.29, 0.717) is 24.3 Å². The molecule has 3 N–H and O–H groups in total. The van der Waals surface area contributed by atoms with Gasteiger partial charge in [-0.3, -0.25) is 4.79 Å². The number of halogens is 1. The quantitative estimate of drug-likeness (QED) is 0.804. The van der Waals surface area contributed by atoms with Gasteiger partial charge in [0.1, 0.15) is 0 Å². The fraction of sp³-hybridized carbons (Fsp3) is 0.176. The van der Waals surface area contributed by atoms with E-state index in [4.69, 9.17) is 5.73 Å². The van der Waals surface area contributed by atoms with Crippen molar-refractivity contribution in [2.24, 2.45) is 0 Å². The SMILES string of the molecule is CC(=O)N(C(=O)NCCc1ccccc1Br)c1cccc(N)c1. The third-order valence-electron chi connectivity index (χ3n) is 3.27. The number of carbonyl (C=O) groups is 2. The number of nitrogens with zero attached hydrogens (tertiary/aromatic N) is 1. The Balaban J connectivity index is 2.02. The summed E-state index contributed by atoms with van der Waals surface area (Å²) in [6.45, 7) is 1.77. The third-order valence-corrected chi connectivity index (χ3v) is 4.05. The highest BCUT2D eigenvalue weighted by Crippen LogP contribution is 2.18. The number of nitrogen functional groups attached to an aromatic ring is 1. The van der Waals surface area contributed by atoms with E-state index in [9.17, 15) is 9.59 Å². The van der Waals surface area contributed by atoms with Crippen LogP contribution in [0.15, 0.2) is 53.0 Å². The average molecular weight is 376 g/mol. The molecule has 0 heterocycles. The highest BCUT2D eigenvalue weighted by molar-refractivity contribution is 9.10. The van der Waals surface area contributed by atoms with Crippen molar-refractivity contribution in [2.45, 2.75) is 13.3 Å². The van der Waals surface area contributed by atoms with Gasteiger partial charge < -0.3 is 11.1 Å². The summed E-state index contributed by atoms with van der Waals surface area (Å²) in [4.78, 5) is 25.2. The van der Waals surface area contributed by atoms with Gasteiger partial charge in [0.15, 0.2) is 0 Å². The van der Waals surface area contributed by atoms with Gasteiger partial charge in [0.25, 0.3) is 0 Å². The zero-order chi connectivity index (χ0) is 16.8. The van der Waals surface area contributed by atoms with Gasteiger partial charge in [0.2, 0.25) is 5.91 Å². The first-order chi connectivity index (χ1) is 11.0. The van der Waals surface area contributed by atoms with Crippen molar-refractivity contribution in [3.63, 3.8) is 0 Å². The minimum Gasteiger partial charge on any atom is -0.399 e. The molecule has 0 aromatic heterocycles. The minimum absolute atomic E-state index is 0.367. The first kappa shape index (κ1) is 17.0. The zero-order valence-corrected chi connectivity index (χ0v) is 14.3. The summed E-state index contributed by atoms with van der Waals surface area (Å²) in [6, 6.07) is 14.0. The van der Waals surface area contributed by atoms with Crippen LogP contribution in [-0.4, -0.2) is 18.5 Å². The van der Waals surface area contributed by atoms with Gasteiger partial charge in [-0.05, 0) is 36.2 Å². The first-order valence-electron chi connectivity index (χ1n) is 7.16. The summed E-state index contributed by atoms with van der Waals surface area (Å²) in [6.07, 6.45) is 0.663. The van der Waals surface area contributed by atoms with Gasteiger partial charge >= 0.3 is 6.03 Å². The second-order valence-electron chi connectivity index (χ2n) is 5.02. The van der Waals surface area contributed by atoms with Gasteiger partial charge in [-0.15, -0.1) is 0 Å². The van der Waals surface area contributed by atoms with Crippen LogP contribution in [0.4, 0.5) is 16.2 Å². The number of amides is 3. The number of imide groups is 1. The molecule has 0 fully saturated rings. The lowest BCUT2D eigenvalue weighted by Crippen LogP contribution is -2.43. The van der Waals surface area contributed by atoms with Crippen LogP contribution < -0.4 is 16.0 Å². The number of urea groups is 1. The van der Waals surface area contributed by atoms with E-state index in [1.54, 1.807) is 24.3 Å². The third kappa shape index (κ3) is 4.56. The highest BCUT2D eigenvalue weighted by atomic mass is 79.9. The maximum Gasteiger partial charge on any atom is 0.328 e. The molecule has 0 atom stereocenters. The molecule has 0 aliphatic rings. The number of benzene rings is 2. The summed E-state index contributed by atoms with van der Waals surface area (Å²) in [5.74, 6) is -0.367. The number of hydrogen-bond acceptors (Lipinski definition) is 3. The molecule has 6 heteroatoms. The van der Waals surface area contributed by atoms with Crippen LogP contribution in [0.2, 0.25) is 0 Å². The fourth-order valence-electron chi connectivity index (χ4n) is 2.19. The summed E-state index contributed by atoms with van der Waals surface area (Å²) in [5.41, 5.74) is 7.75. The largest absolute Gasteiger partial charge is 0.399 e. The molecule has 23 heavy (non-hydrogen) atoms. The number of carbonyl (C=O) groups excluding carboxylic acids is 2. The predicted octanol–water partition coefficient (Wildman–Crippen LogP) is 3.34. The topological polar surface area (TPSA) is 75.4 Å². The lowest BCUT2D eigenvalue weighted by Gasteiger charge is -2.20. The Kier molecular flexibility index (Phi) is 5.76. The van der Waals surface area contributed by atoms with E-state index in [1.807, 2.05) is 24.3 Å². The molecule has 2 aromatic carbocycles.